The molecule has 0 amide bonds. The summed E-state index contributed by atoms with van der Waals surface area (Å²) < 4.78 is 52.0. The van der Waals surface area contributed by atoms with E-state index < -0.39 is 32.7 Å². The highest BCUT2D eigenvalue weighted by Crippen LogP contribution is 2.37. The van der Waals surface area contributed by atoms with Crippen LogP contribution in [0.25, 0.3) is 0 Å². The summed E-state index contributed by atoms with van der Waals surface area (Å²) in [5.41, 5.74) is -0.644. The summed E-state index contributed by atoms with van der Waals surface area (Å²) in [5.74, 6) is -0.501. The van der Waals surface area contributed by atoms with Gasteiger partial charge in [-0.1, -0.05) is 0 Å². The zero-order valence-electron chi connectivity index (χ0n) is 7.95. The average molecular weight is 317 g/mol. The first-order chi connectivity index (χ1) is 7.29. The summed E-state index contributed by atoms with van der Waals surface area (Å²) in [4.78, 5) is 2.90. The van der Waals surface area contributed by atoms with E-state index in [4.69, 9.17) is 5.14 Å². The van der Waals surface area contributed by atoms with Crippen molar-refractivity contribution in [3.05, 3.63) is 16.4 Å². The van der Waals surface area contributed by atoms with Crippen LogP contribution >= 0.6 is 15.9 Å². The normalized spacial score (nSPS) is 11.9. The van der Waals surface area contributed by atoms with Crippen LogP contribution in [0.5, 0.6) is 5.75 Å². The fraction of sp³-hybridized carbons (Fsp3) is 0.286. The largest absolute Gasteiger partial charge is 0.495 e. The molecule has 0 aliphatic carbocycles. The Morgan fingerprint density at radius 3 is 2.50 bits per heavy atom. The summed E-state index contributed by atoms with van der Waals surface area (Å²) in [5, 5.41) is 4.84. The molecule has 0 spiro atoms. The number of methoxy groups -OCH3 is 1. The molecule has 16 heavy (non-hydrogen) atoms. The van der Waals surface area contributed by atoms with E-state index in [0.29, 0.717) is 0 Å². The SMILES string of the molecule is COc1c(S(N)(=O)=O)cnc(Br)c1C(F)F. The predicted octanol–water partition coefficient (Wildman–Crippen LogP) is 1.44. The molecular formula is C7H7BrF2N2O3S. The van der Waals surface area contributed by atoms with Crippen LogP contribution in [0.15, 0.2) is 15.7 Å². The van der Waals surface area contributed by atoms with E-state index in [1.165, 1.54) is 0 Å². The number of ether oxygens (including phenoxy) is 1. The van der Waals surface area contributed by atoms with Crippen molar-refractivity contribution in [2.24, 2.45) is 5.14 Å². The number of halogens is 3. The number of hydrogen-bond donors (Lipinski definition) is 1. The number of rotatable bonds is 3. The maximum absolute atomic E-state index is 12.7. The summed E-state index contributed by atoms with van der Waals surface area (Å²) in [6.45, 7) is 0. The lowest BCUT2D eigenvalue weighted by Crippen LogP contribution is -2.15. The number of nitrogens with zero attached hydrogens (tertiary/aromatic N) is 1. The molecule has 0 aliphatic heterocycles. The Labute approximate surface area is 98.8 Å². The third-order valence-electron chi connectivity index (χ3n) is 1.71. The van der Waals surface area contributed by atoms with Crippen molar-refractivity contribution in [2.75, 3.05) is 7.11 Å². The van der Waals surface area contributed by atoms with Gasteiger partial charge in [0.2, 0.25) is 10.0 Å². The van der Waals surface area contributed by atoms with E-state index >= 15 is 0 Å². The first-order valence-corrected chi connectivity index (χ1v) is 6.16. The molecule has 2 N–H and O–H groups in total. The Bertz CT molecular complexity index is 507. The Hall–Kier alpha value is -0.800. The van der Waals surface area contributed by atoms with E-state index in [1.54, 1.807) is 0 Å². The zero-order chi connectivity index (χ0) is 12.5. The number of hydrogen-bond acceptors (Lipinski definition) is 4. The van der Waals surface area contributed by atoms with Gasteiger partial charge in [0.05, 0.1) is 18.9 Å². The molecule has 90 valence electrons. The van der Waals surface area contributed by atoms with Crippen molar-refractivity contribution in [3.8, 4) is 5.75 Å². The van der Waals surface area contributed by atoms with Crippen LogP contribution in [-0.2, 0) is 10.0 Å². The molecule has 1 aromatic rings. The van der Waals surface area contributed by atoms with Gasteiger partial charge in [-0.15, -0.1) is 0 Å². The highest BCUT2D eigenvalue weighted by Gasteiger charge is 2.26. The zero-order valence-corrected chi connectivity index (χ0v) is 10.3. The minimum Gasteiger partial charge on any atom is -0.495 e. The first-order valence-electron chi connectivity index (χ1n) is 3.82. The topological polar surface area (TPSA) is 82.3 Å². The number of primary sulfonamides is 1. The maximum atomic E-state index is 12.7. The maximum Gasteiger partial charge on any atom is 0.270 e. The van der Waals surface area contributed by atoms with Gasteiger partial charge in [0.25, 0.3) is 6.43 Å². The molecule has 0 aromatic carbocycles. The van der Waals surface area contributed by atoms with Crippen LogP contribution < -0.4 is 9.88 Å². The number of alkyl halides is 2. The quantitative estimate of drug-likeness (QED) is 0.855. The molecule has 0 saturated carbocycles. The van der Waals surface area contributed by atoms with Gasteiger partial charge in [-0.25, -0.2) is 27.3 Å². The molecular weight excluding hydrogens is 310 g/mol. The van der Waals surface area contributed by atoms with E-state index in [0.717, 1.165) is 13.3 Å². The van der Waals surface area contributed by atoms with E-state index in [2.05, 4.69) is 25.7 Å². The summed E-state index contributed by atoms with van der Waals surface area (Å²) >= 11 is 2.78. The Balaban J connectivity index is 3.62. The summed E-state index contributed by atoms with van der Waals surface area (Å²) in [6.07, 6.45) is -2.08. The summed E-state index contributed by atoms with van der Waals surface area (Å²) in [6, 6.07) is 0. The molecule has 0 unspecified atom stereocenters. The van der Waals surface area contributed by atoms with Crippen LogP contribution in [0.3, 0.4) is 0 Å². The van der Waals surface area contributed by atoms with E-state index in [-0.39, 0.29) is 4.60 Å². The van der Waals surface area contributed by atoms with Gasteiger partial charge in [0, 0.05) is 0 Å². The third kappa shape index (κ3) is 2.47. The molecule has 0 fully saturated rings. The van der Waals surface area contributed by atoms with Crippen LogP contribution in [0, 0.1) is 0 Å². The van der Waals surface area contributed by atoms with E-state index in [9.17, 15) is 17.2 Å². The van der Waals surface area contributed by atoms with Crippen molar-refractivity contribution in [3.63, 3.8) is 0 Å². The number of aromatic nitrogens is 1. The smallest absolute Gasteiger partial charge is 0.270 e. The number of pyridine rings is 1. The Morgan fingerprint density at radius 1 is 1.56 bits per heavy atom. The second-order valence-corrected chi connectivity index (χ2v) is 4.99. The van der Waals surface area contributed by atoms with Crippen molar-refractivity contribution >= 4 is 26.0 Å². The van der Waals surface area contributed by atoms with Gasteiger partial charge in [-0.3, -0.25) is 0 Å². The highest BCUT2D eigenvalue weighted by atomic mass is 79.9. The third-order valence-corrected chi connectivity index (χ3v) is 3.25. The average Bonchev–Trinajstić information content (AvgIpc) is 2.14. The van der Waals surface area contributed by atoms with Crippen LogP contribution in [0.4, 0.5) is 8.78 Å². The second kappa shape index (κ2) is 4.60. The van der Waals surface area contributed by atoms with Crippen LogP contribution in [-0.4, -0.2) is 20.5 Å². The lowest BCUT2D eigenvalue weighted by Gasteiger charge is -2.12. The number of sulfonamides is 1. The standard InChI is InChI=1S/C7H7BrF2N2O3S/c1-15-5-3(16(11,13)14)2-12-6(8)4(5)7(9)10/h2,7H,1H3,(H2,11,13,14). The first kappa shape index (κ1) is 13.3. The van der Waals surface area contributed by atoms with Gasteiger partial charge < -0.3 is 4.74 Å². The summed E-state index contributed by atoms with van der Waals surface area (Å²) in [7, 11) is -3.09. The predicted molar refractivity (Wildman–Crippen MR) is 54.8 cm³/mol. The van der Waals surface area contributed by atoms with Crippen molar-refractivity contribution in [1.82, 2.24) is 4.98 Å². The molecule has 1 rings (SSSR count). The molecule has 0 radical (unpaired) electrons. The fourth-order valence-electron chi connectivity index (χ4n) is 1.07. The van der Waals surface area contributed by atoms with Gasteiger partial charge in [-0.05, 0) is 15.9 Å². The molecule has 0 atom stereocenters. The minimum atomic E-state index is -4.16. The molecule has 5 nitrogen and oxygen atoms in total. The van der Waals surface area contributed by atoms with Crippen molar-refractivity contribution in [1.29, 1.82) is 0 Å². The molecule has 1 heterocycles. The van der Waals surface area contributed by atoms with Gasteiger partial charge in [-0.2, -0.15) is 0 Å². The van der Waals surface area contributed by atoms with Crippen LogP contribution in [0.1, 0.15) is 12.0 Å². The van der Waals surface area contributed by atoms with Gasteiger partial charge in [0.1, 0.15) is 9.50 Å². The Kier molecular flexibility index (Phi) is 3.81. The molecule has 0 saturated heterocycles. The highest BCUT2D eigenvalue weighted by molar-refractivity contribution is 9.10. The molecule has 0 bridgehead atoms. The second-order valence-electron chi connectivity index (χ2n) is 2.71. The van der Waals surface area contributed by atoms with Gasteiger partial charge >= 0.3 is 0 Å². The minimum absolute atomic E-state index is 0.188. The monoisotopic (exact) mass is 316 g/mol. The number of nitrogens with two attached hydrogens (primary N) is 1. The van der Waals surface area contributed by atoms with Crippen molar-refractivity contribution < 1.29 is 21.9 Å². The molecule has 9 heteroatoms. The van der Waals surface area contributed by atoms with Crippen LogP contribution in [0.2, 0.25) is 0 Å². The Morgan fingerprint density at radius 2 is 2.12 bits per heavy atom. The lowest BCUT2D eigenvalue weighted by molar-refractivity contribution is 0.145. The van der Waals surface area contributed by atoms with Crippen molar-refractivity contribution in [2.45, 2.75) is 11.3 Å². The van der Waals surface area contributed by atoms with Gasteiger partial charge in [0.15, 0.2) is 5.75 Å². The molecule has 0 aliphatic rings. The van der Waals surface area contributed by atoms with E-state index in [1.807, 2.05) is 0 Å². The molecule has 1 aromatic heterocycles. The fourth-order valence-corrected chi connectivity index (χ4v) is 2.18. The lowest BCUT2D eigenvalue weighted by atomic mass is 10.2.